The van der Waals surface area contributed by atoms with Gasteiger partial charge in [0, 0.05) is 46.1 Å². The normalized spacial score (nSPS) is 19.7. The van der Waals surface area contributed by atoms with Crippen LogP contribution in [0.1, 0.15) is 23.7 Å². The van der Waals surface area contributed by atoms with Gasteiger partial charge in [0.1, 0.15) is 6.17 Å². The summed E-state index contributed by atoms with van der Waals surface area (Å²) < 4.78 is 10.7. The Morgan fingerprint density at radius 2 is 2.00 bits per heavy atom. The van der Waals surface area contributed by atoms with Crippen molar-refractivity contribution in [3.63, 3.8) is 0 Å². The average molecular weight is 368 g/mol. The molecule has 2 aliphatic rings. The quantitative estimate of drug-likeness (QED) is 0.759. The summed E-state index contributed by atoms with van der Waals surface area (Å²) in [6.45, 7) is 6.38. The monoisotopic (exact) mass is 368 g/mol. The van der Waals surface area contributed by atoms with Crippen molar-refractivity contribution >= 4 is 11.5 Å². The minimum Gasteiger partial charge on any atom is -0.385 e. The van der Waals surface area contributed by atoms with Gasteiger partial charge in [-0.3, -0.25) is 4.90 Å². The van der Waals surface area contributed by atoms with Crippen LogP contribution in [0.2, 0.25) is 0 Å². The summed E-state index contributed by atoms with van der Waals surface area (Å²) in [7, 11) is 1.75. The zero-order valence-electron chi connectivity index (χ0n) is 15.9. The van der Waals surface area contributed by atoms with Crippen molar-refractivity contribution in [1.29, 1.82) is 0 Å². The Hall–Kier alpha value is -2.15. The van der Waals surface area contributed by atoms with E-state index < -0.39 is 0 Å². The van der Waals surface area contributed by atoms with E-state index in [1.807, 2.05) is 12.3 Å². The number of hydrogen-bond acceptors (Lipinski definition) is 6. The van der Waals surface area contributed by atoms with Gasteiger partial charge < -0.3 is 19.7 Å². The molecule has 0 spiro atoms. The maximum absolute atomic E-state index is 5.44. The molecule has 1 unspecified atom stereocenters. The first-order valence-corrected chi connectivity index (χ1v) is 9.71. The molecule has 0 radical (unpaired) electrons. The first kappa shape index (κ1) is 18.2. The van der Waals surface area contributed by atoms with Gasteiger partial charge in [-0.2, -0.15) is 0 Å². The van der Waals surface area contributed by atoms with Crippen LogP contribution in [-0.2, 0) is 16.0 Å². The van der Waals surface area contributed by atoms with Crippen LogP contribution >= 0.6 is 0 Å². The molecule has 4 rings (SSSR count). The Labute approximate surface area is 161 Å². The number of fused-ring (bicyclic) bond motifs is 1. The molecule has 1 fully saturated rings. The fourth-order valence-corrected chi connectivity index (χ4v) is 3.80. The number of morpholine rings is 1. The molecule has 6 nitrogen and oxygen atoms in total. The van der Waals surface area contributed by atoms with Crippen molar-refractivity contribution in [2.45, 2.75) is 19.1 Å². The van der Waals surface area contributed by atoms with Gasteiger partial charge >= 0.3 is 0 Å². The van der Waals surface area contributed by atoms with E-state index in [2.05, 4.69) is 50.4 Å². The van der Waals surface area contributed by atoms with Crippen LogP contribution < -0.4 is 10.2 Å². The number of nitrogens with one attached hydrogen (secondary N) is 1. The molecule has 144 valence electrons. The summed E-state index contributed by atoms with van der Waals surface area (Å²) in [5.41, 5.74) is 3.77. The topological polar surface area (TPSA) is 49.9 Å². The summed E-state index contributed by atoms with van der Waals surface area (Å²) in [5, 5.41) is 3.58. The second-order valence-corrected chi connectivity index (χ2v) is 7.09. The number of rotatable bonds is 7. The van der Waals surface area contributed by atoms with Gasteiger partial charge in [0.2, 0.25) is 0 Å². The highest BCUT2D eigenvalue weighted by Crippen LogP contribution is 2.39. The number of anilines is 2. The fourth-order valence-electron chi connectivity index (χ4n) is 3.80. The molecule has 0 aliphatic carbocycles. The van der Waals surface area contributed by atoms with Crippen molar-refractivity contribution in [3.8, 4) is 0 Å². The summed E-state index contributed by atoms with van der Waals surface area (Å²) >= 11 is 0. The lowest BCUT2D eigenvalue weighted by molar-refractivity contribution is 0.0342. The van der Waals surface area contributed by atoms with E-state index in [0.717, 1.165) is 63.9 Å². The third-order valence-corrected chi connectivity index (χ3v) is 5.23. The van der Waals surface area contributed by atoms with E-state index in [0.29, 0.717) is 0 Å². The molecular weight excluding hydrogens is 340 g/mol. The van der Waals surface area contributed by atoms with E-state index in [4.69, 9.17) is 9.47 Å². The van der Waals surface area contributed by atoms with Gasteiger partial charge in [0.05, 0.1) is 18.9 Å². The molecule has 1 atom stereocenters. The lowest BCUT2D eigenvalue weighted by atomic mass is 10.1. The maximum Gasteiger partial charge on any atom is 0.151 e. The molecule has 1 aromatic carbocycles. The SMILES string of the molecule is COCCCN1c2cccnc2NC1c1ccc(CN2CCOCC2)cc1. The van der Waals surface area contributed by atoms with Gasteiger partial charge in [0.25, 0.3) is 0 Å². The standard InChI is InChI=1S/C21H28N4O2/c1-26-13-3-10-25-19-4-2-9-22-20(19)23-21(25)18-7-5-17(6-8-18)16-24-11-14-27-15-12-24/h2,4-9,21H,3,10-16H2,1H3,(H,22,23). The molecule has 0 bridgehead atoms. The van der Waals surface area contributed by atoms with Crippen LogP contribution in [0.25, 0.3) is 0 Å². The molecule has 1 N–H and O–H groups in total. The predicted octanol–water partition coefficient (Wildman–Crippen LogP) is 2.88. The van der Waals surface area contributed by atoms with E-state index in [-0.39, 0.29) is 6.17 Å². The Balaban J connectivity index is 1.47. The molecule has 6 heteroatoms. The zero-order chi connectivity index (χ0) is 18.5. The summed E-state index contributed by atoms with van der Waals surface area (Å²) in [5.74, 6) is 0.956. The molecule has 0 amide bonds. The highest BCUT2D eigenvalue weighted by atomic mass is 16.5. The molecular formula is C21H28N4O2. The maximum atomic E-state index is 5.44. The lowest BCUT2D eigenvalue weighted by Gasteiger charge is -2.28. The van der Waals surface area contributed by atoms with Crippen molar-refractivity contribution in [2.24, 2.45) is 0 Å². The van der Waals surface area contributed by atoms with Gasteiger partial charge in [-0.05, 0) is 29.7 Å². The highest BCUT2D eigenvalue weighted by molar-refractivity contribution is 5.73. The molecule has 1 aromatic heterocycles. The number of ether oxygens (including phenoxy) is 2. The number of methoxy groups -OCH3 is 1. The summed E-state index contributed by atoms with van der Waals surface area (Å²) in [6, 6.07) is 13.1. The highest BCUT2D eigenvalue weighted by Gasteiger charge is 2.30. The third kappa shape index (κ3) is 4.24. The van der Waals surface area contributed by atoms with Crippen LogP contribution in [-0.4, -0.2) is 56.4 Å². The van der Waals surface area contributed by atoms with Crippen molar-refractivity contribution < 1.29 is 9.47 Å². The van der Waals surface area contributed by atoms with Crippen molar-refractivity contribution in [1.82, 2.24) is 9.88 Å². The molecule has 3 heterocycles. The molecule has 1 saturated heterocycles. The summed E-state index contributed by atoms with van der Waals surface area (Å²) in [6.07, 6.45) is 2.94. The van der Waals surface area contributed by atoms with Crippen LogP contribution in [0, 0.1) is 0 Å². The molecule has 2 aliphatic heterocycles. The van der Waals surface area contributed by atoms with E-state index >= 15 is 0 Å². The lowest BCUT2D eigenvalue weighted by Crippen LogP contribution is -2.35. The number of pyridine rings is 1. The van der Waals surface area contributed by atoms with Crippen molar-refractivity contribution in [2.75, 3.05) is 56.8 Å². The Morgan fingerprint density at radius 1 is 1.19 bits per heavy atom. The number of nitrogens with zero attached hydrogens (tertiary/aromatic N) is 3. The minimum absolute atomic E-state index is 0.115. The third-order valence-electron chi connectivity index (χ3n) is 5.23. The summed E-state index contributed by atoms with van der Waals surface area (Å²) in [4.78, 5) is 9.34. The number of aromatic nitrogens is 1. The average Bonchev–Trinajstić information content (AvgIpc) is 3.08. The second-order valence-electron chi connectivity index (χ2n) is 7.09. The van der Waals surface area contributed by atoms with Crippen molar-refractivity contribution in [3.05, 3.63) is 53.7 Å². The van der Waals surface area contributed by atoms with Gasteiger partial charge in [-0.25, -0.2) is 4.98 Å². The van der Waals surface area contributed by atoms with Crippen LogP contribution in [0.4, 0.5) is 11.5 Å². The minimum atomic E-state index is 0.115. The Bertz CT molecular complexity index is 731. The fraction of sp³-hybridized carbons (Fsp3) is 0.476. The Morgan fingerprint density at radius 3 is 2.78 bits per heavy atom. The first-order valence-electron chi connectivity index (χ1n) is 9.71. The van der Waals surface area contributed by atoms with E-state index in [9.17, 15) is 0 Å². The smallest absolute Gasteiger partial charge is 0.151 e. The second kappa shape index (κ2) is 8.69. The number of benzene rings is 1. The van der Waals surface area contributed by atoms with Gasteiger partial charge in [-0.1, -0.05) is 24.3 Å². The molecule has 0 saturated carbocycles. The zero-order valence-corrected chi connectivity index (χ0v) is 15.9. The van der Waals surface area contributed by atoms with E-state index in [1.54, 1.807) is 7.11 Å². The van der Waals surface area contributed by atoms with Crippen LogP contribution in [0.15, 0.2) is 42.6 Å². The molecule has 27 heavy (non-hydrogen) atoms. The Kier molecular flexibility index (Phi) is 5.87. The van der Waals surface area contributed by atoms with Gasteiger partial charge in [-0.15, -0.1) is 0 Å². The van der Waals surface area contributed by atoms with Crippen LogP contribution in [0.3, 0.4) is 0 Å². The number of hydrogen-bond donors (Lipinski definition) is 1. The first-order chi connectivity index (χ1) is 13.3. The largest absolute Gasteiger partial charge is 0.385 e. The van der Waals surface area contributed by atoms with Gasteiger partial charge in [0.15, 0.2) is 5.82 Å². The molecule has 2 aromatic rings. The van der Waals surface area contributed by atoms with Crippen LogP contribution in [0.5, 0.6) is 0 Å². The predicted molar refractivity (Wildman–Crippen MR) is 107 cm³/mol. The van der Waals surface area contributed by atoms with E-state index in [1.165, 1.54) is 11.1 Å².